The van der Waals surface area contributed by atoms with Crippen LogP contribution in [0.15, 0.2) is 43.0 Å². The molecule has 2 saturated heterocycles. The highest BCUT2D eigenvalue weighted by atomic mass is 32.2. The maximum Gasteiger partial charge on any atom is 0.410 e. The largest absolute Gasteiger partial charge is 0.445 e. The Morgan fingerprint density at radius 1 is 1.09 bits per heavy atom. The van der Waals surface area contributed by atoms with Crippen LogP contribution in [-0.2, 0) is 26.2 Å². The second-order valence-corrected chi connectivity index (χ2v) is 11.2. The van der Waals surface area contributed by atoms with Crippen molar-refractivity contribution < 1.29 is 22.7 Å². The van der Waals surface area contributed by atoms with E-state index in [1.165, 1.54) is 6.08 Å². The van der Waals surface area contributed by atoms with E-state index < -0.39 is 21.4 Å². The SMILES string of the molecule is C=CC(=O)NC1CC2CN(S(=O)(=O)C3CCN(C(=O)OCc4ccccc4)CC3)CC2C1. The van der Waals surface area contributed by atoms with Gasteiger partial charge in [0, 0.05) is 32.2 Å². The van der Waals surface area contributed by atoms with Crippen molar-refractivity contribution in [3.8, 4) is 0 Å². The Kier molecular flexibility index (Phi) is 6.85. The zero-order valence-corrected chi connectivity index (χ0v) is 19.0. The maximum absolute atomic E-state index is 13.2. The molecular formula is C23H31N3O5S. The zero-order valence-electron chi connectivity index (χ0n) is 18.2. The minimum Gasteiger partial charge on any atom is -0.445 e. The first-order chi connectivity index (χ1) is 15.4. The molecule has 0 radical (unpaired) electrons. The van der Waals surface area contributed by atoms with E-state index in [1.54, 1.807) is 9.21 Å². The number of hydrogen-bond donors (Lipinski definition) is 1. The van der Waals surface area contributed by atoms with Crippen LogP contribution in [0.2, 0.25) is 0 Å². The first-order valence-electron chi connectivity index (χ1n) is 11.2. The number of piperidine rings is 1. The first kappa shape index (κ1) is 22.8. The average Bonchev–Trinajstić information content (AvgIpc) is 3.37. The standard InChI is InChI=1S/C23H31N3O5S/c1-2-22(27)24-20-12-18-14-26(15-19(18)13-20)32(29,30)21-8-10-25(11-9-21)23(28)31-16-17-6-4-3-5-7-17/h2-7,18-21H,1,8-16H2,(H,24,27). The Morgan fingerprint density at radius 2 is 1.72 bits per heavy atom. The van der Waals surface area contributed by atoms with Crippen LogP contribution in [0.5, 0.6) is 0 Å². The van der Waals surface area contributed by atoms with Crippen molar-refractivity contribution in [2.24, 2.45) is 11.8 Å². The van der Waals surface area contributed by atoms with E-state index in [-0.39, 0.29) is 30.4 Å². The normalized spacial score (nSPS) is 26.5. The average molecular weight is 462 g/mol. The molecule has 3 fully saturated rings. The van der Waals surface area contributed by atoms with Crippen LogP contribution in [0.1, 0.15) is 31.2 Å². The molecule has 3 aliphatic rings. The summed E-state index contributed by atoms with van der Waals surface area (Å²) in [5.41, 5.74) is 0.921. The predicted molar refractivity (Wildman–Crippen MR) is 120 cm³/mol. The molecule has 1 N–H and O–H groups in total. The summed E-state index contributed by atoms with van der Waals surface area (Å²) in [5.74, 6) is 0.398. The third-order valence-electron chi connectivity index (χ3n) is 6.94. The van der Waals surface area contributed by atoms with Crippen molar-refractivity contribution in [1.29, 1.82) is 0 Å². The lowest BCUT2D eigenvalue weighted by Crippen LogP contribution is -2.46. The summed E-state index contributed by atoms with van der Waals surface area (Å²) in [5, 5.41) is 2.47. The van der Waals surface area contributed by atoms with Gasteiger partial charge in [-0.3, -0.25) is 4.79 Å². The topological polar surface area (TPSA) is 96.0 Å². The Morgan fingerprint density at radius 3 is 2.31 bits per heavy atom. The molecule has 2 atom stereocenters. The monoisotopic (exact) mass is 461 g/mol. The number of ether oxygens (including phenoxy) is 1. The van der Waals surface area contributed by atoms with Gasteiger partial charge in [0.05, 0.1) is 5.25 Å². The van der Waals surface area contributed by atoms with Gasteiger partial charge in [-0.05, 0) is 49.2 Å². The Balaban J connectivity index is 1.24. The Bertz CT molecular complexity index is 930. The lowest BCUT2D eigenvalue weighted by atomic mass is 10.0. The molecule has 1 aliphatic carbocycles. The van der Waals surface area contributed by atoms with E-state index in [0.717, 1.165) is 18.4 Å². The third kappa shape index (κ3) is 4.99. The molecule has 1 saturated carbocycles. The molecule has 2 heterocycles. The highest BCUT2D eigenvalue weighted by molar-refractivity contribution is 7.89. The van der Waals surface area contributed by atoms with Gasteiger partial charge in [-0.15, -0.1) is 0 Å². The number of nitrogens with one attached hydrogen (secondary N) is 1. The van der Waals surface area contributed by atoms with Gasteiger partial charge in [0.2, 0.25) is 15.9 Å². The fourth-order valence-corrected chi connectivity index (χ4v) is 7.23. The molecule has 0 spiro atoms. The summed E-state index contributed by atoms with van der Waals surface area (Å²) < 4.78 is 33.5. The lowest BCUT2D eigenvalue weighted by molar-refractivity contribution is -0.117. The Labute approximate surface area is 189 Å². The van der Waals surface area contributed by atoms with E-state index in [1.807, 2.05) is 30.3 Å². The van der Waals surface area contributed by atoms with Gasteiger partial charge in [0.1, 0.15) is 6.61 Å². The van der Waals surface area contributed by atoms with Gasteiger partial charge in [-0.1, -0.05) is 36.9 Å². The van der Waals surface area contributed by atoms with Crippen molar-refractivity contribution >= 4 is 22.0 Å². The van der Waals surface area contributed by atoms with Crippen LogP contribution in [0.4, 0.5) is 4.79 Å². The van der Waals surface area contributed by atoms with E-state index in [2.05, 4.69) is 11.9 Å². The predicted octanol–water partition coefficient (Wildman–Crippen LogP) is 2.13. The number of fused-ring (bicyclic) bond motifs is 1. The number of sulfonamides is 1. The number of likely N-dealkylation sites (tertiary alicyclic amines) is 1. The fraction of sp³-hybridized carbons (Fsp3) is 0.565. The quantitative estimate of drug-likeness (QED) is 0.655. The Hall–Kier alpha value is -2.39. The van der Waals surface area contributed by atoms with Crippen molar-refractivity contribution in [2.75, 3.05) is 26.2 Å². The fourth-order valence-electron chi connectivity index (χ4n) is 5.20. The van der Waals surface area contributed by atoms with Gasteiger partial charge >= 0.3 is 6.09 Å². The summed E-state index contributed by atoms with van der Waals surface area (Å²) in [6.45, 7) is 5.50. The summed E-state index contributed by atoms with van der Waals surface area (Å²) in [6, 6.07) is 9.58. The summed E-state index contributed by atoms with van der Waals surface area (Å²) in [4.78, 5) is 25.5. The molecule has 1 aromatic rings. The van der Waals surface area contributed by atoms with Crippen molar-refractivity contribution in [3.63, 3.8) is 0 Å². The van der Waals surface area contributed by atoms with E-state index in [0.29, 0.717) is 39.0 Å². The van der Waals surface area contributed by atoms with Crippen LogP contribution in [-0.4, -0.2) is 67.1 Å². The molecule has 9 heteroatoms. The maximum atomic E-state index is 13.2. The van der Waals surface area contributed by atoms with Crippen LogP contribution in [0, 0.1) is 11.8 Å². The zero-order chi connectivity index (χ0) is 22.7. The van der Waals surface area contributed by atoms with Crippen LogP contribution >= 0.6 is 0 Å². The molecule has 4 rings (SSSR count). The van der Waals surface area contributed by atoms with Crippen LogP contribution < -0.4 is 5.32 Å². The number of nitrogens with zero attached hydrogens (tertiary/aromatic N) is 2. The number of hydrogen-bond acceptors (Lipinski definition) is 5. The summed E-state index contributed by atoms with van der Waals surface area (Å²) in [7, 11) is -3.40. The van der Waals surface area contributed by atoms with Crippen LogP contribution in [0.25, 0.3) is 0 Å². The number of carbonyl (C=O) groups is 2. The van der Waals surface area contributed by atoms with E-state index in [4.69, 9.17) is 4.74 Å². The van der Waals surface area contributed by atoms with Crippen molar-refractivity contribution in [3.05, 3.63) is 48.6 Å². The molecule has 2 unspecified atom stereocenters. The second kappa shape index (κ2) is 9.62. The van der Waals surface area contributed by atoms with Gasteiger partial charge in [-0.25, -0.2) is 17.5 Å². The molecule has 2 aliphatic heterocycles. The smallest absolute Gasteiger partial charge is 0.410 e. The van der Waals surface area contributed by atoms with Gasteiger partial charge in [0.25, 0.3) is 0 Å². The summed E-state index contributed by atoms with van der Waals surface area (Å²) in [6.07, 6.45) is 3.34. The lowest BCUT2D eigenvalue weighted by Gasteiger charge is -2.33. The minimum atomic E-state index is -3.40. The number of amides is 2. The summed E-state index contributed by atoms with van der Waals surface area (Å²) >= 11 is 0. The second-order valence-electron chi connectivity index (χ2n) is 8.99. The molecule has 2 amide bonds. The molecule has 0 bridgehead atoms. The molecule has 174 valence electrons. The third-order valence-corrected chi connectivity index (χ3v) is 9.27. The highest BCUT2D eigenvalue weighted by Gasteiger charge is 2.47. The number of benzene rings is 1. The van der Waals surface area contributed by atoms with Crippen molar-refractivity contribution in [2.45, 2.75) is 43.6 Å². The van der Waals surface area contributed by atoms with E-state index in [9.17, 15) is 18.0 Å². The minimum absolute atomic E-state index is 0.102. The number of rotatable bonds is 6. The van der Waals surface area contributed by atoms with Gasteiger partial charge in [-0.2, -0.15) is 0 Å². The number of carbonyl (C=O) groups excluding carboxylic acids is 2. The van der Waals surface area contributed by atoms with Crippen molar-refractivity contribution in [1.82, 2.24) is 14.5 Å². The molecule has 1 aromatic carbocycles. The van der Waals surface area contributed by atoms with Gasteiger partial charge in [0.15, 0.2) is 0 Å². The van der Waals surface area contributed by atoms with Gasteiger partial charge < -0.3 is 15.0 Å². The molecule has 0 aromatic heterocycles. The highest BCUT2D eigenvalue weighted by Crippen LogP contribution is 2.40. The van der Waals surface area contributed by atoms with Crippen LogP contribution in [0.3, 0.4) is 0 Å². The molecular weight excluding hydrogens is 430 g/mol. The first-order valence-corrected chi connectivity index (χ1v) is 12.7. The molecule has 8 nitrogen and oxygen atoms in total. The van der Waals surface area contributed by atoms with E-state index >= 15 is 0 Å². The molecule has 32 heavy (non-hydrogen) atoms.